The molecule has 1 heterocycles. The molecule has 0 saturated carbocycles. The lowest BCUT2D eigenvalue weighted by atomic mass is 9.87. The Balaban J connectivity index is 2.20. The SMILES string of the molecule is CC(=O)Nc1cc(C(=O)N2CCCC2CC(C)(C)C)ccc1F. The number of anilines is 1. The number of carbonyl (C=O) groups is 2. The smallest absolute Gasteiger partial charge is 0.254 e. The fraction of sp³-hybridized carbons (Fsp3) is 0.556. The van der Waals surface area contributed by atoms with Crippen LogP contribution >= 0.6 is 0 Å². The highest BCUT2D eigenvalue weighted by Crippen LogP contribution is 2.31. The summed E-state index contributed by atoms with van der Waals surface area (Å²) in [6.07, 6.45) is 2.94. The molecule has 5 heteroatoms. The Bertz CT molecular complexity index is 608. The third kappa shape index (κ3) is 4.53. The fourth-order valence-electron chi connectivity index (χ4n) is 3.13. The van der Waals surface area contributed by atoms with Gasteiger partial charge in [-0.05, 0) is 42.9 Å². The van der Waals surface area contributed by atoms with Gasteiger partial charge in [0.2, 0.25) is 5.91 Å². The highest BCUT2D eigenvalue weighted by atomic mass is 19.1. The van der Waals surface area contributed by atoms with Crippen LogP contribution in [0.1, 0.15) is 57.3 Å². The second-order valence-electron chi connectivity index (χ2n) is 7.44. The van der Waals surface area contributed by atoms with Crippen LogP contribution in [0.5, 0.6) is 0 Å². The van der Waals surface area contributed by atoms with Crippen LogP contribution < -0.4 is 5.32 Å². The van der Waals surface area contributed by atoms with Crippen LogP contribution in [0, 0.1) is 11.2 Å². The lowest BCUT2D eigenvalue weighted by molar-refractivity contribution is -0.114. The average molecular weight is 320 g/mol. The van der Waals surface area contributed by atoms with E-state index in [-0.39, 0.29) is 29.0 Å². The predicted octanol–water partition coefficient (Wildman–Crippen LogP) is 3.82. The van der Waals surface area contributed by atoms with E-state index in [1.807, 2.05) is 4.90 Å². The molecule has 1 aliphatic rings. The van der Waals surface area contributed by atoms with Crippen molar-refractivity contribution in [3.05, 3.63) is 29.6 Å². The average Bonchev–Trinajstić information content (AvgIpc) is 2.85. The molecule has 4 nitrogen and oxygen atoms in total. The number of benzene rings is 1. The van der Waals surface area contributed by atoms with E-state index in [2.05, 4.69) is 26.1 Å². The van der Waals surface area contributed by atoms with E-state index in [1.54, 1.807) is 0 Å². The summed E-state index contributed by atoms with van der Waals surface area (Å²) in [7, 11) is 0. The van der Waals surface area contributed by atoms with Crippen LogP contribution in [-0.2, 0) is 4.79 Å². The van der Waals surface area contributed by atoms with E-state index in [1.165, 1.54) is 25.1 Å². The van der Waals surface area contributed by atoms with Crippen LogP contribution in [0.15, 0.2) is 18.2 Å². The number of hydrogen-bond donors (Lipinski definition) is 1. The molecule has 23 heavy (non-hydrogen) atoms. The van der Waals surface area contributed by atoms with E-state index in [9.17, 15) is 14.0 Å². The van der Waals surface area contributed by atoms with Gasteiger partial charge in [0.05, 0.1) is 5.69 Å². The molecular formula is C18H25FN2O2. The van der Waals surface area contributed by atoms with E-state index >= 15 is 0 Å². The van der Waals surface area contributed by atoms with E-state index in [0.717, 1.165) is 25.8 Å². The maximum Gasteiger partial charge on any atom is 0.254 e. The Morgan fingerprint density at radius 3 is 2.65 bits per heavy atom. The molecule has 0 aromatic heterocycles. The number of carbonyl (C=O) groups excluding carboxylic acids is 2. The molecule has 1 fully saturated rings. The number of hydrogen-bond acceptors (Lipinski definition) is 2. The maximum atomic E-state index is 13.7. The Hall–Kier alpha value is -1.91. The molecule has 1 aromatic rings. The maximum absolute atomic E-state index is 13.7. The summed E-state index contributed by atoms with van der Waals surface area (Å²) in [6.45, 7) is 8.54. The molecule has 1 aliphatic heterocycles. The van der Waals surface area contributed by atoms with E-state index in [4.69, 9.17) is 0 Å². The zero-order chi connectivity index (χ0) is 17.2. The van der Waals surface area contributed by atoms with Crippen molar-refractivity contribution in [3.63, 3.8) is 0 Å². The first-order chi connectivity index (χ1) is 10.7. The van der Waals surface area contributed by atoms with Crippen LogP contribution in [0.2, 0.25) is 0 Å². The number of rotatable bonds is 3. The standard InChI is InChI=1S/C18H25FN2O2/c1-12(22)20-16-10-13(7-8-15(16)19)17(23)21-9-5-6-14(21)11-18(2,3)4/h7-8,10,14H,5-6,9,11H2,1-4H3,(H,20,22). The van der Waals surface area contributed by atoms with Crippen molar-refractivity contribution in [2.24, 2.45) is 5.41 Å². The number of nitrogens with one attached hydrogen (secondary N) is 1. The second-order valence-corrected chi connectivity index (χ2v) is 7.44. The minimum absolute atomic E-state index is 0.0509. The van der Waals surface area contributed by atoms with Gasteiger partial charge in [0.25, 0.3) is 5.91 Å². The van der Waals surface area contributed by atoms with Crippen LogP contribution in [0.4, 0.5) is 10.1 Å². The number of likely N-dealkylation sites (tertiary alicyclic amines) is 1. The molecule has 1 aromatic carbocycles. The molecule has 0 bridgehead atoms. The Morgan fingerprint density at radius 1 is 1.35 bits per heavy atom. The van der Waals surface area contributed by atoms with Crippen molar-refractivity contribution in [3.8, 4) is 0 Å². The molecule has 2 amide bonds. The van der Waals surface area contributed by atoms with Gasteiger partial charge in [-0.25, -0.2) is 4.39 Å². The lowest BCUT2D eigenvalue weighted by Crippen LogP contribution is -2.37. The summed E-state index contributed by atoms with van der Waals surface area (Å²) in [4.78, 5) is 25.8. The zero-order valence-corrected chi connectivity index (χ0v) is 14.3. The zero-order valence-electron chi connectivity index (χ0n) is 14.3. The Labute approximate surface area is 137 Å². The van der Waals surface area contributed by atoms with Gasteiger partial charge < -0.3 is 10.2 Å². The molecule has 0 spiro atoms. The highest BCUT2D eigenvalue weighted by Gasteiger charge is 2.32. The van der Waals surface area contributed by atoms with Crippen LogP contribution in [-0.4, -0.2) is 29.3 Å². The quantitative estimate of drug-likeness (QED) is 0.920. The minimum atomic E-state index is -0.538. The van der Waals surface area contributed by atoms with Crippen LogP contribution in [0.3, 0.4) is 0 Å². The summed E-state index contributed by atoms with van der Waals surface area (Å²) in [5.74, 6) is -0.993. The van der Waals surface area contributed by atoms with Gasteiger partial charge in [0.15, 0.2) is 0 Å². The molecule has 1 atom stereocenters. The monoisotopic (exact) mass is 320 g/mol. The van der Waals surface area contributed by atoms with E-state index < -0.39 is 5.82 Å². The topological polar surface area (TPSA) is 49.4 Å². The van der Waals surface area contributed by atoms with Crippen molar-refractivity contribution in [1.82, 2.24) is 4.90 Å². The minimum Gasteiger partial charge on any atom is -0.336 e. The molecule has 1 N–H and O–H groups in total. The number of nitrogens with zero attached hydrogens (tertiary/aromatic N) is 1. The van der Waals surface area contributed by atoms with Gasteiger partial charge in [0.1, 0.15) is 5.82 Å². The molecule has 1 saturated heterocycles. The Morgan fingerprint density at radius 2 is 2.04 bits per heavy atom. The molecule has 0 radical (unpaired) electrons. The Kier molecular flexibility index (Phi) is 5.07. The first-order valence-electron chi connectivity index (χ1n) is 8.05. The summed E-state index contributed by atoms with van der Waals surface area (Å²) in [5, 5.41) is 2.42. The van der Waals surface area contributed by atoms with E-state index in [0.29, 0.717) is 5.56 Å². The number of amides is 2. The normalized spacial score (nSPS) is 18.1. The van der Waals surface area contributed by atoms with Gasteiger partial charge in [-0.2, -0.15) is 0 Å². The largest absolute Gasteiger partial charge is 0.336 e. The summed E-state index contributed by atoms with van der Waals surface area (Å²) in [6, 6.07) is 4.35. The first kappa shape index (κ1) is 17.4. The summed E-state index contributed by atoms with van der Waals surface area (Å²) >= 11 is 0. The van der Waals surface area contributed by atoms with Crippen LogP contribution in [0.25, 0.3) is 0 Å². The highest BCUT2D eigenvalue weighted by molar-refractivity contribution is 5.97. The second kappa shape index (κ2) is 6.69. The van der Waals surface area contributed by atoms with Crippen molar-refractivity contribution < 1.29 is 14.0 Å². The van der Waals surface area contributed by atoms with Crippen molar-refractivity contribution >= 4 is 17.5 Å². The van der Waals surface area contributed by atoms with Crippen molar-refractivity contribution in [1.29, 1.82) is 0 Å². The third-order valence-electron chi connectivity index (χ3n) is 4.01. The van der Waals surface area contributed by atoms with Gasteiger partial charge in [-0.3, -0.25) is 9.59 Å². The van der Waals surface area contributed by atoms with Crippen molar-refractivity contribution in [2.45, 2.75) is 53.0 Å². The predicted molar refractivity (Wildman–Crippen MR) is 88.8 cm³/mol. The third-order valence-corrected chi connectivity index (χ3v) is 4.01. The molecule has 0 aliphatic carbocycles. The van der Waals surface area contributed by atoms with Crippen molar-refractivity contribution in [2.75, 3.05) is 11.9 Å². The van der Waals surface area contributed by atoms with Gasteiger partial charge >= 0.3 is 0 Å². The molecular weight excluding hydrogens is 295 g/mol. The summed E-state index contributed by atoms with van der Waals surface area (Å²) in [5.41, 5.74) is 0.614. The summed E-state index contributed by atoms with van der Waals surface area (Å²) < 4.78 is 13.7. The first-order valence-corrected chi connectivity index (χ1v) is 8.05. The molecule has 126 valence electrons. The van der Waals surface area contributed by atoms with Gasteiger partial charge in [0, 0.05) is 25.1 Å². The molecule has 2 rings (SSSR count). The molecule has 1 unspecified atom stereocenters. The van der Waals surface area contributed by atoms with Gasteiger partial charge in [-0.15, -0.1) is 0 Å². The van der Waals surface area contributed by atoms with Gasteiger partial charge in [-0.1, -0.05) is 20.8 Å². The lowest BCUT2D eigenvalue weighted by Gasteiger charge is -2.30. The number of halogens is 1. The fourth-order valence-corrected chi connectivity index (χ4v) is 3.13.